The molecule has 2 heterocycles. The summed E-state index contributed by atoms with van der Waals surface area (Å²) in [5, 5.41) is 5.40. The molecule has 8 heteroatoms. The monoisotopic (exact) mass is 384 g/mol. The summed E-state index contributed by atoms with van der Waals surface area (Å²) in [5.74, 6) is -1.41. The van der Waals surface area contributed by atoms with E-state index in [0.717, 1.165) is 5.56 Å². The van der Waals surface area contributed by atoms with Crippen molar-refractivity contribution in [3.05, 3.63) is 65.7 Å². The van der Waals surface area contributed by atoms with Crippen LogP contribution < -0.4 is 10.6 Å². The predicted octanol–water partition coefficient (Wildman–Crippen LogP) is 1.12. The van der Waals surface area contributed by atoms with Crippen LogP contribution in [0.1, 0.15) is 22.3 Å². The lowest BCUT2D eigenvalue weighted by Gasteiger charge is -2.16. The highest BCUT2D eigenvalue weighted by Gasteiger charge is 2.33. The summed E-state index contributed by atoms with van der Waals surface area (Å²) in [6.45, 7) is 1.32. The van der Waals surface area contributed by atoms with Crippen LogP contribution in [0.5, 0.6) is 0 Å². The van der Waals surface area contributed by atoms with E-state index < -0.39 is 11.7 Å². The molecule has 146 valence electrons. The molecule has 1 aliphatic heterocycles. The first-order valence-corrected chi connectivity index (χ1v) is 9.01. The molecule has 2 N–H and O–H groups in total. The van der Waals surface area contributed by atoms with Gasteiger partial charge < -0.3 is 15.5 Å². The van der Waals surface area contributed by atoms with Crippen molar-refractivity contribution in [3.63, 3.8) is 0 Å². The average molecular weight is 384 g/mol. The van der Waals surface area contributed by atoms with Gasteiger partial charge in [0.15, 0.2) is 0 Å². The van der Waals surface area contributed by atoms with Gasteiger partial charge in [0.1, 0.15) is 5.82 Å². The Morgan fingerprint density at radius 1 is 1.07 bits per heavy atom. The third kappa shape index (κ3) is 5.12. The number of hydrogen-bond acceptors (Lipinski definition) is 4. The van der Waals surface area contributed by atoms with Crippen molar-refractivity contribution in [2.24, 2.45) is 5.92 Å². The quantitative estimate of drug-likeness (QED) is 0.700. The Labute approximate surface area is 161 Å². The smallest absolute Gasteiger partial charge is 0.251 e. The largest absolute Gasteiger partial charge is 0.354 e. The Morgan fingerprint density at radius 3 is 2.46 bits per heavy atom. The number of amides is 3. The predicted molar refractivity (Wildman–Crippen MR) is 99.5 cm³/mol. The van der Waals surface area contributed by atoms with Crippen molar-refractivity contribution in [2.75, 3.05) is 19.6 Å². The first-order chi connectivity index (χ1) is 13.5. The zero-order valence-electron chi connectivity index (χ0n) is 15.2. The van der Waals surface area contributed by atoms with Gasteiger partial charge >= 0.3 is 0 Å². The number of rotatable bonds is 7. The maximum atomic E-state index is 12.9. The van der Waals surface area contributed by atoms with Gasteiger partial charge in [-0.25, -0.2) is 4.39 Å². The summed E-state index contributed by atoms with van der Waals surface area (Å²) >= 11 is 0. The third-order valence-corrected chi connectivity index (χ3v) is 4.52. The van der Waals surface area contributed by atoms with Crippen molar-refractivity contribution in [1.82, 2.24) is 20.5 Å². The molecule has 1 aliphatic rings. The molecule has 3 rings (SSSR count). The first-order valence-electron chi connectivity index (χ1n) is 9.01. The second-order valence-electron chi connectivity index (χ2n) is 6.58. The number of carbonyl (C=O) groups is 3. The van der Waals surface area contributed by atoms with Crippen molar-refractivity contribution >= 4 is 17.7 Å². The molecule has 1 atom stereocenters. The molecular formula is C20H21FN4O3. The van der Waals surface area contributed by atoms with Crippen molar-refractivity contribution in [3.8, 4) is 0 Å². The van der Waals surface area contributed by atoms with Crippen LogP contribution >= 0.6 is 0 Å². The van der Waals surface area contributed by atoms with E-state index in [4.69, 9.17) is 0 Å². The van der Waals surface area contributed by atoms with E-state index in [0.29, 0.717) is 18.7 Å². The standard InChI is InChI=1S/C20H21FN4O3/c21-17-3-1-15(2-4-17)19(27)23-9-10-24-20(28)16-11-18(26)25(13-16)12-14-5-7-22-8-6-14/h1-8,16H,9-13H2,(H,23,27)(H,24,28)/t16-/m1/s1. The molecule has 0 spiro atoms. The molecule has 2 aromatic rings. The molecule has 7 nitrogen and oxygen atoms in total. The fourth-order valence-corrected chi connectivity index (χ4v) is 3.02. The number of benzene rings is 1. The van der Waals surface area contributed by atoms with E-state index in [1.165, 1.54) is 24.3 Å². The number of aromatic nitrogens is 1. The minimum atomic E-state index is -0.409. The van der Waals surface area contributed by atoms with Crippen LogP contribution in [0.3, 0.4) is 0 Å². The van der Waals surface area contributed by atoms with E-state index in [9.17, 15) is 18.8 Å². The van der Waals surface area contributed by atoms with Crippen LogP contribution in [0.15, 0.2) is 48.8 Å². The number of nitrogens with one attached hydrogen (secondary N) is 2. The number of hydrogen-bond donors (Lipinski definition) is 2. The van der Waals surface area contributed by atoms with Gasteiger partial charge in [0, 0.05) is 50.6 Å². The second-order valence-corrected chi connectivity index (χ2v) is 6.58. The maximum absolute atomic E-state index is 12.9. The Balaban J connectivity index is 1.39. The molecule has 0 saturated carbocycles. The van der Waals surface area contributed by atoms with Crippen molar-refractivity contribution in [2.45, 2.75) is 13.0 Å². The van der Waals surface area contributed by atoms with Gasteiger partial charge in [0.2, 0.25) is 11.8 Å². The molecule has 1 saturated heterocycles. The van der Waals surface area contributed by atoms with Gasteiger partial charge in [0.05, 0.1) is 5.92 Å². The number of likely N-dealkylation sites (tertiary alicyclic amines) is 1. The SMILES string of the molecule is O=C(NCCNC(=O)[C@@H]1CC(=O)N(Cc2ccncc2)C1)c1ccc(F)cc1. The summed E-state index contributed by atoms with van der Waals surface area (Å²) in [6, 6.07) is 8.89. The number of carbonyl (C=O) groups excluding carboxylic acids is 3. The maximum Gasteiger partial charge on any atom is 0.251 e. The van der Waals surface area contributed by atoms with Gasteiger partial charge in [-0.05, 0) is 42.0 Å². The van der Waals surface area contributed by atoms with E-state index in [1.807, 2.05) is 12.1 Å². The summed E-state index contributed by atoms with van der Waals surface area (Å²) in [4.78, 5) is 41.9. The molecule has 0 radical (unpaired) electrons. The number of halogens is 1. The molecule has 1 fully saturated rings. The third-order valence-electron chi connectivity index (χ3n) is 4.52. The van der Waals surface area contributed by atoms with E-state index in [-0.39, 0.29) is 37.2 Å². The van der Waals surface area contributed by atoms with Crippen molar-refractivity contribution in [1.29, 1.82) is 0 Å². The Hall–Kier alpha value is -3.29. The van der Waals surface area contributed by atoms with Gasteiger partial charge in [-0.3, -0.25) is 19.4 Å². The van der Waals surface area contributed by atoms with E-state index in [2.05, 4.69) is 15.6 Å². The normalized spacial score (nSPS) is 16.1. The first kappa shape index (κ1) is 19.5. The van der Waals surface area contributed by atoms with Crippen LogP contribution in [0, 0.1) is 11.7 Å². The lowest BCUT2D eigenvalue weighted by Crippen LogP contribution is -2.38. The Morgan fingerprint density at radius 2 is 1.75 bits per heavy atom. The molecule has 0 aliphatic carbocycles. The fourth-order valence-electron chi connectivity index (χ4n) is 3.02. The molecule has 3 amide bonds. The van der Waals surface area contributed by atoms with Crippen LogP contribution in [-0.4, -0.2) is 47.2 Å². The lowest BCUT2D eigenvalue weighted by atomic mass is 10.1. The highest BCUT2D eigenvalue weighted by Crippen LogP contribution is 2.20. The Bertz CT molecular complexity index is 842. The lowest BCUT2D eigenvalue weighted by molar-refractivity contribution is -0.129. The minimum Gasteiger partial charge on any atom is -0.354 e. The van der Waals surface area contributed by atoms with Crippen molar-refractivity contribution < 1.29 is 18.8 Å². The average Bonchev–Trinajstić information content (AvgIpc) is 3.07. The highest BCUT2D eigenvalue weighted by molar-refractivity contribution is 5.94. The summed E-state index contributed by atoms with van der Waals surface area (Å²) < 4.78 is 12.9. The molecule has 0 bridgehead atoms. The summed E-state index contributed by atoms with van der Waals surface area (Å²) in [7, 11) is 0. The van der Waals surface area contributed by atoms with Crippen LogP contribution in [0.4, 0.5) is 4.39 Å². The number of pyridine rings is 1. The topological polar surface area (TPSA) is 91.4 Å². The zero-order valence-corrected chi connectivity index (χ0v) is 15.2. The molecular weight excluding hydrogens is 363 g/mol. The van der Waals surface area contributed by atoms with Crippen LogP contribution in [0.2, 0.25) is 0 Å². The molecule has 1 aromatic heterocycles. The van der Waals surface area contributed by atoms with Gasteiger partial charge in [-0.1, -0.05) is 0 Å². The van der Waals surface area contributed by atoms with Gasteiger partial charge in [-0.2, -0.15) is 0 Å². The molecule has 28 heavy (non-hydrogen) atoms. The van der Waals surface area contributed by atoms with Crippen LogP contribution in [0.25, 0.3) is 0 Å². The Kier molecular flexibility index (Phi) is 6.31. The fraction of sp³-hybridized carbons (Fsp3) is 0.300. The van der Waals surface area contributed by atoms with E-state index in [1.54, 1.807) is 17.3 Å². The number of nitrogens with zero attached hydrogens (tertiary/aromatic N) is 2. The minimum absolute atomic E-state index is 0.0541. The van der Waals surface area contributed by atoms with Gasteiger partial charge in [-0.15, -0.1) is 0 Å². The summed E-state index contributed by atoms with van der Waals surface area (Å²) in [5.41, 5.74) is 1.31. The molecule has 0 unspecified atom stereocenters. The molecule has 1 aromatic carbocycles. The zero-order chi connectivity index (χ0) is 19.9. The van der Waals surface area contributed by atoms with E-state index >= 15 is 0 Å². The van der Waals surface area contributed by atoms with Crippen LogP contribution in [-0.2, 0) is 16.1 Å². The van der Waals surface area contributed by atoms with Gasteiger partial charge in [0.25, 0.3) is 5.91 Å². The summed E-state index contributed by atoms with van der Waals surface area (Å²) in [6.07, 6.45) is 3.51. The highest BCUT2D eigenvalue weighted by atomic mass is 19.1. The second kappa shape index (κ2) is 9.07.